The summed E-state index contributed by atoms with van der Waals surface area (Å²) < 4.78 is 6.07. The van der Waals surface area contributed by atoms with Crippen LogP contribution >= 0.6 is 22.9 Å². The lowest BCUT2D eigenvalue weighted by molar-refractivity contribution is 0.602. The van der Waals surface area contributed by atoms with Gasteiger partial charge >= 0.3 is 0 Å². The number of thiazole rings is 1. The van der Waals surface area contributed by atoms with Crippen LogP contribution < -0.4 is 5.73 Å². The number of oxazole rings is 1. The first-order valence-electron chi connectivity index (χ1n) is 3.83. The van der Waals surface area contributed by atoms with E-state index in [1.165, 1.54) is 17.7 Å². The standard InChI is InChI=1S/C8H4ClN3OS/c9-3-1-4-7(14-8(10)12-4)5-6(3)13-2-11-5/h1-2H,(H2,10,12). The second-order valence-electron chi connectivity index (χ2n) is 2.79. The summed E-state index contributed by atoms with van der Waals surface area (Å²) in [5.74, 6) is 0. The Kier molecular flexibility index (Phi) is 1.48. The topological polar surface area (TPSA) is 64.9 Å². The summed E-state index contributed by atoms with van der Waals surface area (Å²) in [6, 6.07) is 1.73. The second-order valence-corrected chi connectivity index (χ2v) is 4.23. The van der Waals surface area contributed by atoms with Crippen LogP contribution in [0.4, 0.5) is 5.13 Å². The van der Waals surface area contributed by atoms with Crippen molar-refractivity contribution in [3.8, 4) is 0 Å². The number of benzene rings is 1. The third-order valence-electron chi connectivity index (χ3n) is 1.93. The molecule has 2 aromatic heterocycles. The monoisotopic (exact) mass is 225 g/mol. The summed E-state index contributed by atoms with van der Waals surface area (Å²) in [6.07, 6.45) is 1.37. The van der Waals surface area contributed by atoms with Crippen molar-refractivity contribution >= 4 is 49.4 Å². The number of halogens is 1. The van der Waals surface area contributed by atoms with Crippen molar-refractivity contribution in [2.75, 3.05) is 5.73 Å². The molecule has 6 heteroatoms. The highest BCUT2D eigenvalue weighted by molar-refractivity contribution is 7.22. The summed E-state index contributed by atoms with van der Waals surface area (Å²) in [5, 5.41) is 1.02. The molecule has 0 radical (unpaired) electrons. The summed E-state index contributed by atoms with van der Waals surface area (Å²) in [4.78, 5) is 8.22. The number of aromatic nitrogens is 2. The summed E-state index contributed by atoms with van der Waals surface area (Å²) in [7, 11) is 0. The van der Waals surface area contributed by atoms with Gasteiger partial charge in [0.1, 0.15) is 5.52 Å². The van der Waals surface area contributed by atoms with Crippen molar-refractivity contribution in [2.24, 2.45) is 0 Å². The molecular weight excluding hydrogens is 222 g/mol. The van der Waals surface area contributed by atoms with Crippen LogP contribution in [0.15, 0.2) is 16.9 Å². The van der Waals surface area contributed by atoms with E-state index in [-0.39, 0.29) is 0 Å². The lowest BCUT2D eigenvalue weighted by atomic mass is 10.3. The Bertz CT molecular complexity index is 630. The molecule has 0 aliphatic rings. The maximum absolute atomic E-state index is 5.98. The van der Waals surface area contributed by atoms with Crippen molar-refractivity contribution in [3.63, 3.8) is 0 Å². The van der Waals surface area contributed by atoms with E-state index in [9.17, 15) is 0 Å². The Labute approximate surface area is 87.3 Å². The smallest absolute Gasteiger partial charge is 0.182 e. The van der Waals surface area contributed by atoms with Gasteiger partial charge in [0.25, 0.3) is 0 Å². The van der Waals surface area contributed by atoms with Crippen LogP contribution in [0, 0.1) is 0 Å². The van der Waals surface area contributed by atoms with Crippen LogP contribution in [0.25, 0.3) is 21.3 Å². The normalized spacial score (nSPS) is 11.5. The molecule has 3 aromatic rings. The Morgan fingerprint density at radius 2 is 2.36 bits per heavy atom. The lowest BCUT2D eigenvalue weighted by Crippen LogP contribution is -1.79. The molecular formula is C8H4ClN3OS. The maximum Gasteiger partial charge on any atom is 0.182 e. The second kappa shape index (κ2) is 2.59. The van der Waals surface area contributed by atoms with E-state index in [0.29, 0.717) is 15.7 Å². The zero-order valence-corrected chi connectivity index (χ0v) is 8.39. The van der Waals surface area contributed by atoms with Gasteiger partial charge in [-0.25, -0.2) is 9.97 Å². The summed E-state index contributed by atoms with van der Waals surface area (Å²) >= 11 is 7.36. The van der Waals surface area contributed by atoms with Gasteiger partial charge < -0.3 is 10.2 Å². The van der Waals surface area contributed by atoms with Crippen molar-refractivity contribution in [2.45, 2.75) is 0 Å². The Balaban J connectivity index is 2.64. The zero-order valence-electron chi connectivity index (χ0n) is 6.82. The molecule has 0 aliphatic heterocycles. The number of hydrogen-bond acceptors (Lipinski definition) is 5. The largest absolute Gasteiger partial charge is 0.442 e. The third kappa shape index (κ3) is 0.935. The van der Waals surface area contributed by atoms with Gasteiger partial charge in [0.05, 0.1) is 15.2 Å². The number of nitrogen functional groups attached to an aromatic ring is 1. The van der Waals surface area contributed by atoms with Gasteiger partial charge in [-0.3, -0.25) is 0 Å². The van der Waals surface area contributed by atoms with Gasteiger partial charge in [0.2, 0.25) is 0 Å². The highest BCUT2D eigenvalue weighted by atomic mass is 35.5. The molecule has 0 amide bonds. The fraction of sp³-hybridized carbons (Fsp3) is 0. The van der Waals surface area contributed by atoms with Crippen molar-refractivity contribution in [1.82, 2.24) is 9.97 Å². The molecule has 0 unspecified atom stereocenters. The van der Waals surface area contributed by atoms with Gasteiger partial charge in [-0.15, -0.1) is 0 Å². The van der Waals surface area contributed by atoms with Crippen LogP contribution in [0.3, 0.4) is 0 Å². The fourth-order valence-electron chi connectivity index (χ4n) is 1.38. The van der Waals surface area contributed by atoms with Crippen LogP contribution in [-0.2, 0) is 0 Å². The molecule has 0 aliphatic carbocycles. The first kappa shape index (κ1) is 8.02. The van der Waals surface area contributed by atoms with E-state index in [1.807, 2.05) is 0 Å². The summed E-state index contributed by atoms with van der Waals surface area (Å²) in [6.45, 7) is 0. The maximum atomic E-state index is 5.98. The number of fused-ring (bicyclic) bond motifs is 3. The van der Waals surface area contributed by atoms with Gasteiger partial charge in [-0.1, -0.05) is 22.9 Å². The highest BCUT2D eigenvalue weighted by Crippen LogP contribution is 2.34. The Morgan fingerprint density at radius 3 is 3.21 bits per heavy atom. The third-order valence-corrected chi connectivity index (χ3v) is 3.12. The molecule has 1 aromatic carbocycles. The van der Waals surface area contributed by atoms with Crippen molar-refractivity contribution in [3.05, 3.63) is 17.5 Å². The Morgan fingerprint density at radius 1 is 1.50 bits per heavy atom. The number of rotatable bonds is 0. The minimum absolute atomic E-state index is 0.506. The first-order chi connectivity index (χ1) is 6.75. The lowest BCUT2D eigenvalue weighted by Gasteiger charge is -1.91. The van der Waals surface area contributed by atoms with Crippen LogP contribution in [0.2, 0.25) is 5.02 Å². The van der Waals surface area contributed by atoms with E-state index >= 15 is 0 Å². The average molecular weight is 226 g/mol. The minimum atomic E-state index is 0.506. The van der Waals surface area contributed by atoms with Gasteiger partial charge in [0.15, 0.2) is 17.1 Å². The molecule has 0 atom stereocenters. The fourth-order valence-corrected chi connectivity index (χ4v) is 2.42. The molecule has 4 nitrogen and oxygen atoms in total. The molecule has 70 valence electrons. The molecule has 0 bridgehead atoms. The molecule has 0 spiro atoms. The first-order valence-corrected chi connectivity index (χ1v) is 5.03. The van der Waals surface area contributed by atoms with Crippen LogP contribution in [0.5, 0.6) is 0 Å². The van der Waals surface area contributed by atoms with Crippen molar-refractivity contribution in [1.29, 1.82) is 0 Å². The molecule has 0 fully saturated rings. The van der Waals surface area contributed by atoms with E-state index in [2.05, 4.69) is 9.97 Å². The van der Waals surface area contributed by atoms with Gasteiger partial charge in [-0.05, 0) is 6.07 Å². The van der Waals surface area contributed by atoms with Crippen molar-refractivity contribution < 1.29 is 4.42 Å². The van der Waals surface area contributed by atoms with Gasteiger partial charge in [-0.2, -0.15) is 0 Å². The molecule has 2 heterocycles. The van der Waals surface area contributed by atoms with Gasteiger partial charge in [0, 0.05) is 0 Å². The Hall–Kier alpha value is -1.33. The van der Waals surface area contributed by atoms with Crippen LogP contribution in [-0.4, -0.2) is 9.97 Å². The zero-order chi connectivity index (χ0) is 9.71. The molecule has 0 saturated carbocycles. The van der Waals surface area contributed by atoms with E-state index in [0.717, 1.165) is 15.7 Å². The SMILES string of the molecule is Nc1nc2cc(Cl)c3ocnc3c2s1. The average Bonchev–Trinajstić information content (AvgIpc) is 2.69. The minimum Gasteiger partial charge on any atom is -0.442 e. The van der Waals surface area contributed by atoms with E-state index in [1.54, 1.807) is 6.07 Å². The number of anilines is 1. The number of nitrogens with zero attached hydrogens (tertiary/aromatic N) is 2. The highest BCUT2D eigenvalue weighted by Gasteiger charge is 2.12. The molecule has 14 heavy (non-hydrogen) atoms. The number of hydrogen-bond donors (Lipinski definition) is 1. The predicted octanol–water partition coefficient (Wildman–Crippen LogP) is 2.67. The molecule has 3 rings (SSSR count). The summed E-state index contributed by atoms with van der Waals surface area (Å²) in [5.41, 5.74) is 7.68. The molecule has 2 N–H and O–H groups in total. The number of nitrogens with two attached hydrogens (primary N) is 1. The van der Waals surface area contributed by atoms with E-state index < -0.39 is 0 Å². The van der Waals surface area contributed by atoms with Crippen LogP contribution in [0.1, 0.15) is 0 Å². The quantitative estimate of drug-likeness (QED) is 0.639. The van der Waals surface area contributed by atoms with E-state index in [4.69, 9.17) is 21.8 Å². The molecule has 0 saturated heterocycles. The predicted molar refractivity (Wildman–Crippen MR) is 56.6 cm³/mol.